The van der Waals surface area contributed by atoms with Gasteiger partial charge in [-0.15, -0.1) is 5.10 Å². The second kappa shape index (κ2) is 5.78. The van der Waals surface area contributed by atoms with E-state index in [1.165, 1.54) is 0 Å². The quantitative estimate of drug-likeness (QED) is 0.795. The first-order valence-electron chi connectivity index (χ1n) is 6.32. The molecule has 1 aromatic heterocycles. The van der Waals surface area contributed by atoms with Crippen molar-refractivity contribution in [1.82, 2.24) is 10.2 Å². The van der Waals surface area contributed by atoms with Crippen LogP contribution in [0.5, 0.6) is 0 Å². The lowest BCUT2D eigenvalue weighted by Crippen LogP contribution is -2.08. The Labute approximate surface area is 107 Å². The molecule has 1 unspecified atom stereocenters. The smallest absolute Gasteiger partial charge is 0.156 e. The zero-order chi connectivity index (χ0) is 13.0. The van der Waals surface area contributed by atoms with Crippen molar-refractivity contribution in [2.24, 2.45) is 0 Å². The Morgan fingerprint density at radius 2 is 1.94 bits per heavy atom. The summed E-state index contributed by atoms with van der Waals surface area (Å²) < 4.78 is 0. The molecule has 2 rings (SSSR count). The van der Waals surface area contributed by atoms with Gasteiger partial charge >= 0.3 is 0 Å². The molecule has 2 aromatic rings. The van der Waals surface area contributed by atoms with Crippen molar-refractivity contribution in [3.63, 3.8) is 0 Å². The van der Waals surface area contributed by atoms with Crippen molar-refractivity contribution < 1.29 is 5.11 Å². The predicted octanol–water partition coefficient (Wildman–Crippen LogP) is 2.51. The SMILES string of the molecule is Cc1nnc(NCCCC(C)O)c2ccccc12. The van der Waals surface area contributed by atoms with Gasteiger partial charge in [-0.1, -0.05) is 24.3 Å². The van der Waals surface area contributed by atoms with Crippen LogP contribution in [-0.2, 0) is 0 Å². The van der Waals surface area contributed by atoms with Crippen LogP contribution in [0, 0.1) is 6.92 Å². The van der Waals surface area contributed by atoms with Gasteiger partial charge in [-0.25, -0.2) is 0 Å². The van der Waals surface area contributed by atoms with Crippen molar-refractivity contribution in [2.75, 3.05) is 11.9 Å². The average molecular weight is 245 g/mol. The number of benzene rings is 1. The summed E-state index contributed by atoms with van der Waals surface area (Å²) in [6.07, 6.45) is 1.47. The molecule has 2 N–H and O–H groups in total. The van der Waals surface area contributed by atoms with Crippen molar-refractivity contribution in [1.29, 1.82) is 0 Å². The fourth-order valence-electron chi connectivity index (χ4n) is 1.97. The van der Waals surface area contributed by atoms with E-state index in [-0.39, 0.29) is 6.10 Å². The molecule has 0 aliphatic heterocycles. The van der Waals surface area contributed by atoms with Gasteiger partial charge in [0.15, 0.2) is 5.82 Å². The van der Waals surface area contributed by atoms with Crippen LogP contribution in [0.15, 0.2) is 24.3 Å². The van der Waals surface area contributed by atoms with Crippen LogP contribution in [0.3, 0.4) is 0 Å². The van der Waals surface area contributed by atoms with Crippen LogP contribution in [-0.4, -0.2) is 28.0 Å². The molecule has 96 valence electrons. The molecule has 0 saturated heterocycles. The van der Waals surface area contributed by atoms with Gasteiger partial charge < -0.3 is 10.4 Å². The number of hydrogen-bond acceptors (Lipinski definition) is 4. The summed E-state index contributed by atoms with van der Waals surface area (Å²) in [5.74, 6) is 0.821. The van der Waals surface area contributed by atoms with Gasteiger partial charge in [0.1, 0.15) is 0 Å². The molecule has 1 aromatic carbocycles. The number of fused-ring (bicyclic) bond motifs is 1. The number of aryl methyl sites for hydroxylation is 1. The summed E-state index contributed by atoms with van der Waals surface area (Å²) in [5, 5.41) is 23.1. The van der Waals surface area contributed by atoms with Crippen molar-refractivity contribution in [3.05, 3.63) is 30.0 Å². The molecule has 0 saturated carbocycles. The van der Waals surface area contributed by atoms with Crippen LogP contribution in [0.25, 0.3) is 10.8 Å². The van der Waals surface area contributed by atoms with Crippen LogP contribution in [0.1, 0.15) is 25.5 Å². The highest BCUT2D eigenvalue weighted by Crippen LogP contribution is 2.22. The van der Waals surface area contributed by atoms with E-state index in [2.05, 4.69) is 21.6 Å². The molecule has 1 atom stereocenters. The molecule has 4 nitrogen and oxygen atoms in total. The molecule has 1 heterocycles. The summed E-state index contributed by atoms with van der Waals surface area (Å²) in [6.45, 7) is 4.57. The third-order valence-electron chi connectivity index (χ3n) is 2.96. The standard InChI is InChI=1S/C14H19N3O/c1-10(18)6-5-9-15-14-13-8-4-3-7-12(13)11(2)16-17-14/h3-4,7-8,10,18H,5-6,9H2,1-2H3,(H,15,17). The second-order valence-corrected chi connectivity index (χ2v) is 4.60. The Morgan fingerprint density at radius 1 is 1.22 bits per heavy atom. The first kappa shape index (κ1) is 12.8. The van der Waals surface area contributed by atoms with E-state index in [0.29, 0.717) is 0 Å². The van der Waals surface area contributed by atoms with E-state index in [0.717, 1.165) is 41.7 Å². The average Bonchev–Trinajstić information content (AvgIpc) is 2.37. The highest BCUT2D eigenvalue weighted by molar-refractivity contribution is 5.92. The van der Waals surface area contributed by atoms with Crippen LogP contribution >= 0.6 is 0 Å². The molecule has 0 spiro atoms. The lowest BCUT2D eigenvalue weighted by atomic mass is 10.1. The van der Waals surface area contributed by atoms with Gasteiger partial charge in [0.2, 0.25) is 0 Å². The van der Waals surface area contributed by atoms with E-state index in [1.807, 2.05) is 25.1 Å². The minimum absolute atomic E-state index is 0.243. The van der Waals surface area contributed by atoms with E-state index >= 15 is 0 Å². The number of aliphatic hydroxyl groups excluding tert-OH is 1. The minimum Gasteiger partial charge on any atom is -0.393 e. The van der Waals surface area contributed by atoms with Crippen molar-refractivity contribution >= 4 is 16.6 Å². The number of nitrogens with one attached hydrogen (secondary N) is 1. The molecule has 0 bridgehead atoms. The lowest BCUT2D eigenvalue weighted by Gasteiger charge is -2.09. The fraction of sp³-hybridized carbons (Fsp3) is 0.429. The van der Waals surface area contributed by atoms with Crippen LogP contribution in [0.2, 0.25) is 0 Å². The number of aliphatic hydroxyl groups is 1. The highest BCUT2D eigenvalue weighted by atomic mass is 16.3. The normalized spacial score (nSPS) is 12.6. The summed E-state index contributed by atoms with van der Waals surface area (Å²) in [5.41, 5.74) is 0.945. The molecule has 0 amide bonds. The van der Waals surface area contributed by atoms with Gasteiger partial charge in [0.05, 0.1) is 11.8 Å². The zero-order valence-corrected chi connectivity index (χ0v) is 10.8. The molecular formula is C14H19N3O. The molecule has 4 heteroatoms. The van der Waals surface area contributed by atoms with Crippen molar-refractivity contribution in [3.8, 4) is 0 Å². The number of rotatable bonds is 5. The van der Waals surface area contributed by atoms with E-state index in [9.17, 15) is 5.11 Å². The van der Waals surface area contributed by atoms with Gasteiger partial charge in [0, 0.05) is 17.3 Å². The maximum absolute atomic E-state index is 9.20. The van der Waals surface area contributed by atoms with Gasteiger partial charge in [-0.05, 0) is 26.7 Å². The van der Waals surface area contributed by atoms with Gasteiger partial charge in [0.25, 0.3) is 0 Å². The summed E-state index contributed by atoms with van der Waals surface area (Å²) >= 11 is 0. The second-order valence-electron chi connectivity index (χ2n) is 4.60. The van der Waals surface area contributed by atoms with Crippen LogP contribution in [0.4, 0.5) is 5.82 Å². The Hall–Kier alpha value is -1.68. The Balaban J connectivity index is 2.11. The predicted molar refractivity (Wildman–Crippen MR) is 73.7 cm³/mol. The summed E-state index contributed by atoms with van der Waals surface area (Å²) in [6, 6.07) is 8.12. The topological polar surface area (TPSA) is 58.0 Å². The maximum atomic E-state index is 9.20. The Kier molecular flexibility index (Phi) is 4.10. The Bertz CT molecular complexity index is 525. The fourth-order valence-corrected chi connectivity index (χ4v) is 1.97. The van der Waals surface area contributed by atoms with Gasteiger partial charge in [-0.2, -0.15) is 5.10 Å². The summed E-state index contributed by atoms with van der Waals surface area (Å²) in [7, 11) is 0. The van der Waals surface area contributed by atoms with Crippen LogP contribution < -0.4 is 5.32 Å². The number of nitrogens with zero attached hydrogens (tertiary/aromatic N) is 2. The number of anilines is 1. The van der Waals surface area contributed by atoms with E-state index in [1.54, 1.807) is 6.92 Å². The lowest BCUT2D eigenvalue weighted by molar-refractivity contribution is 0.183. The minimum atomic E-state index is -0.243. The Morgan fingerprint density at radius 3 is 2.67 bits per heavy atom. The molecule has 0 aliphatic rings. The van der Waals surface area contributed by atoms with Crippen molar-refractivity contribution in [2.45, 2.75) is 32.8 Å². The van der Waals surface area contributed by atoms with E-state index in [4.69, 9.17) is 0 Å². The first-order valence-corrected chi connectivity index (χ1v) is 6.32. The monoisotopic (exact) mass is 245 g/mol. The maximum Gasteiger partial charge on any atom is 0.156 e. The van der Waals surface area contributed by atoms with E-state index < -0.39 is 0 Å². The zero-order valence-electron chi connectivity index (χ0n) is 10.8. The third kappa shape index (κ3) is 2.96. The first-order chi connectivity index (χ1) is 8.68. The molecule has 18 heavy (non-hydrogen) atoms. The molecular weight excluding hydrogens is 226 g/mol. The molecule has 0 aliphatic carbocycles. The molecule has 0 radical (unpaired) electrons. The number of hydrogen-bond donors (Lipinski definition) is 2. The largest absolute Gasteiger partial charge is 0.393 e. The highest BCUT2D eigenvalue weighted by Gasteiger charge is 2.05. The summed E-state index contributed by atoms with van der Waals surface area (Å²) in [4.78, 5) is 0. The molecule has 0 fully saturated rings. The third-order valence-corrected chi connectivity index (χ3v) is 2.96. The number of aromatic nitrogens is 2. The van der Waals surface area contributed by atoms with Gasteiger partial charge in [-0.3, -0.25) is 0 Å².